The van der Waals surface area contributed by atoms with E-state index in [1.165, 1.54) is 11.8 Å². The predicted octanol–water partition coefficient (Wildman–Crippen LogP) is 4.08. The van der Waals surface area contributed by atoms with Gasteiger partial charge < -0.3 is 20.5 Å². The number of rotatable bonds is 7. The molecule has 0 unspecified atom stereocenters. The molecule has 1 aliphatic heterocycles. The fourth-order valence-electron chi connectivity index (χ4n) is 4.83. The third kappa shape index (κ3) is 5.19. The molecule has 5 rings (SSSR count). The molecule has 1 aromatic carbocycles. The summed E-state index contributed by atoms with van der Waals surface area (Å²) in [5.41, 5.74) is 2.37. The van der Waals surface area contributed by atoms with Gasteiger partial charge in [0, 0.05) is 24.0 Å². The molecule has 0 saturated heterocycles. The standard InChI is InChI=1S/C26H30N4O3S/c1-33-23-8-5-17-3-2-4-18(24(17)30-23)9-12-26(32)13-10-19(11-14-26)27-15-20-6-7-21-25(28-20)29-22(31)16-34-21/h2-8,19,27,32H,9-16H2,1H3,(H,28,29,31)/t19-,26+. The van der Waals surface area contributed by atoms with Crippen molar-refractivity contribution in [2.75, 3.05) is 18.2 Å². The van der Waals surface area contributed by atoms with E-state index >= 15 is 0 Å². The van der Waals surface area contributed by atoms with Crippen LogP contribution in [0.2, 0.25) is 0 Å². The molecule has 7 nitrogen and oxygen atoms in total. The number of anilines is 1. The van der Waals surface area contributed by atoms with Gasteiger partial charge in [-0.15, -0.1) is 11.8 Å². The second-order valence-corrected chi connectivity index (χ2v) is 10.2. The summed E-state index contributed by atoms with van der Waals surface area (Å²) >= 11 is 1.52. The summed E-state index contributed by atoms with van der Waals surface area (Å²) in [7, 11) is 1.63. The van der Waals surface area contributed by atoms with Crippen molar-refractivity contribution in [1.29, 1.82) is 0 Å². The molecule has 1 fully saturated rings. The highest BCUT2D eigenvalue weighted by Crippen LogP contribution is 2.34. The van der Waals surface area contributed by atoms with Crippen LogP contribution < -0.4 is 15.4 Å². The number of thioether (sulfide) groups is 1. The highest BCUT2D eigenvalue weighted by Gasteiger charge is 2.33. The van der Waals surface area contributed by atoms with Gasteiger partial charge in [0.15, 0.2) is 0 Å². The minimum atomic E-state index is -0.648. The monoisotopic (exact) mass is 478 g/mol. The fraction of sp³-hybridized carbons (Fsp3) is 0.423. The van der Waals surface area contributed by atoms with Gasteiger partial charge in [-0.3, -0.25) is 4.79 Å². The maximum absolute atomic E-state index is 11.6. The quantitative estimate of drug-likeness (QED) is 0.471. The molecule has 3 aromatic rings. The Morgan fingerprint density at radius 1 is 1.18 bits per heavy atom. The first kappa shape index (κ1) is 23.1. The fourth-order valence-corrected chi connectivity index (χ4v) is 5.59. The van der Waals surface area contributed by atoms with Crippen molar-refractivity contribution < 1.29 is 14.6 Å². The van der Waals surface area contributed by atoms with E-state index in [4.69, 9.17) is 4.74 Å². The molecule has 3 heterocycles. The molecule has 0 bridgehead atoms. The summed E-state index contributed by atoms with van der Waals surface area (Å²) in [5.74, 6) is 1.72. The van der Waals surface area contributed by atoms with Gasteiger partial charge in [0.1, 0.15) is 5.82 Å². The lowest BCUT2D eigenvalue weighted by molar-refractivity contribution is -0.113. The van der Waals surface area contributed by atoms with Gasteiger partial charge in [-0.2, -0.15) is 0 Å². The number of nitrogens with one attached hydrogen (secondary N) is 2. The first-order chi connectivity index (χ1) is 16.5. The number of nitrogens with zero attached hydrogens (tertiary/aromatic N) is 2. The number of hydrogen-bond donors (Lipinski definition) is 3. The minimum absolute atomic E-state index is 0.0000872. The van der Waals surface area contributed by atoms with Crippen LogP contribution in [0.1, 0.15) is 43.4 Å². The number of aromatic nitrogens is 2. The van der Waals surface area contributed by atoms with E-state index in [-0.39, 0.29) is 5.91 Å². The smallest absolute Gasteiger partial charge is 0.235 e. The van der Waals surface area contributed by atoms with Crippen molar-refractivity contribution in [3.8, 4) is 5.88 Å². The normalized spacial score (nSPS) is 22.3. The molecule has 2 aromatic heterocycles. The zero-order valence-electron chi connectivity index (χ0n) is 19.3. The van der Waals surface area contributed by atoms with E-state index in [0.717, 1.165) is 65.6 Å². The first-order valence-electron chi connectivity index (χ1n) is 11.8. The first-order valence-corrected chi connectivity index (χ1v) is 12.8. The van der Waals surface area contributed by atoms with E-state index in [0.29, 0.717) is 30.0 Å². The second-order valence-electron chi connectivity index (χ2n) is 9.21. The number of pyridine rings is 2. The number of carbonyl (C=O) groups excluding carboxylic acids is 1. The van der Waals surface area contributed by atoms with Gasteiger partial charge >= 0.3 is 0 Å². The number of hydrogen-bond acceptors (Lipinski definition) is 7. The number of para-hydroxylation sites is 1. The minimum Gasteiger partial charge on any atom is -0.481 e. The lowest BCUT2D eigenvalue weighted by atomic mass is 9.78. The number of benzene rings is 1. The molecule has 2 aliphatic rings. The van der Waals surface area contributed by atoms with Crippen LogP contribution in [0.3, 0.4) is 0 Å². The Morgan fingerprint density at radius 2 is 2.03 bits per heavy atom. The van der Waals surface area contributed by atoms with Gasteiger partial charge in [0.05, 0.1) is 34.6 Å². The summed E-state index contributed by atoms with van der Waals surface area (Å²) < 4.78 is 5.30. The summed E-state index contributed by atoms with van der Waals surface area (Å²) in [6, 6.07) is 14.5. The van der Waals surface area contributed by atoms with E-state index < -0.39 is 5.60 Å². The molecular weight excluding hydrogens is 448 g/mol. The van der Waals surface area contributed by atoms with E-state index in [2.05, 4.69) is 38.8 Å². The number of fused-ring (bicyclic) bond motifs is 2. The molecule has 178 valence electrons. The van der Waals surface area contributed by atoms with Gasteiger partial charge in [-0.25, -0.2) is 9.97 Å². The third-order valence-electron chi connectivity index (χ3n) is 6.87. The van der Waals surface area contributed by atoms with Gasteiger partial charge in [0.25, 0.3) is 0 Å². The van der Waals surface area contributed by atoms with Gasteiger partial charge in [-0.1, -0.05) is 18.2 Å². The Balaban J connectivity index is 1.14. The zero-order valence-corrected chi connectivity index (χ0v) is 20.2. The van der Waals surface area contributed by atoms with Crippen LogP contribution in [0.15, 0.2) is 47.4 Å². The van der Waals surface area contributed by atoms with Crippen LogP contribution in [-0.2, 0) is 17.8 Å². The average Bonchev–Trinajstić information content (AvgIpc) is 2.86. The molecule has 0 atom stereocenters. The second kappa shape index (κ2) is 9.90. The lowest BCUT2D eigenvalue weighted by Crippen LogP contribution is -2.41. The van der Waals surface area contributed by atoms with Crippen molar-refractivity contribution >= 4 is 34.4 Å². The van der Waals surface area contributed by atoms with Crippen molar-refractivity contribution in [3.63, 3.8) is 0 Å². The highest BCUT2D eigenvalue weighted by molar-refractivity contribution is 8.00. The Morgan fingerprint density at radius 3 is 2.85 bits per heavy atom. The lowest BCUT2D eigenvalue weighted by Gasteiger charge is -2.36. The number of aliphatic hydroxyl groups is 1. The Labute approximate surface area is 203 Å². The molecule has 8 heteroatoms. The molecular formula is C26H30N4O3S. The number of methoxy groups -OCH3 is 1. The van der Waals surface area contributed by atoms with Crippen LogP contribution in [0, 0.1) is 0 Å². The molecule has 1 aliphatic carbocycles. The summed E-state index contributed by atoms with van der Waals surface area (Å²) in [6.45, 7) is 0.653. The molecule has 3 N–H and O–H groups in total. The highest BCUT2D eigenvalue weighted by atomic mass is 32.2. The molecule has 1 amide bonds. The van der Waals surface area contributed by atoms with E-state index in [1.54, 1.807) is 7.11 Å². The Kier molecular flexibility index (Phi) is 6.72. The van der Waals surface area contributed by atoms with Crippen LogP contribution in [0.5, 0.6) is 5.88 Å². The van der Waals surface area contributed by atoms with E-state index in [1.807, 2.05) is 24.3 Å². The van der Waals surface area contributed by atoms with Crippen LogP contribution in [-0.4, -0.2) is 45.5 Å². The summed E-state index contributed by atoms with van der Waals surface area (Å²) in [4.78, 5) is 21.9. The van der Waals surface area contributed by atoms with Crippen molar-refractivity contribution in [3.05, 3.63) is 53.7 Å². The molecule has 34 heavy (non-hydrogen) atoms. The van der Waals surface area contributed by atoms with Crippen molar-refractivity contribution in [1.82, 2.24) is 15.3 Å². The maximum Gasteiger partial charge on any atom is 0.235 e. The number of ether oxygens (including phenoxy) is 1. The van der Waals surface area contributed by atoms with Crippen LogP contribution in [0.25, 0.3) is 10.9 Å². The van der Waals surface area contributed by atoms with Crippen LogP contribution in [0.4, 0.5) is 5.82 Å². The summed E-state index contributed by atoms with van der Waals surface area (Å²) in [6.07, 6.45) is 4.91. The third-order valence-corrected chi connectivity index (χ3v) is 7.91. The van der Waals surface area contributed by atoms with Crippen molar-refractivity contribution in [2.45, 2.75) is 61.6 Å². The largest absolute Gasteiger partial charge is 0.481 e. The number of amides is 1. The van der Waals surface area contributed by atoms with Crippen LogP contribution >= 0.6 is 11.8 Å². The summed E-state index contributed by atoms with van der Waals surface area (Å²) in [5, 5.41) is 18.8. The Bertz CT molecular complexity index is 1190. The predicted molar refractivity (Wildman–Crippen MR) is 134 cm³/mol. The number of carbonyl (C=O) groups is 1. The Hall–Kier alpha value is -2.68. The maximum atomic E-state index is 11.6. The molecule has 0 radical (unpaired) electrons. The van der Waals surface area contributed by atoms with Gasteiger partial charge in [-0.05, 0) is 62.3 Å². The number of aryl methyl sites for hydroxylation is 1. The van der Waals surface area contributed by atoms with Gasteiger partial charge in [0.2, 0.25) is 11.8 Å². The molecule has 0 spiro atoms. The average molecular weight is 479 g/mol. The zero-order chi connectivity index (χ0) is 23.5. The van der Waals surface area contributed by atoms with Crippen molar-refractivity contribution in [2.24, 2.45) is 0 Å². The SMILES string of the molecule is COc1ccc2cccc(CC[C@]3(O)CC[C@@H](NCc4ccc5c(n4)NC(=O)CS5)CC3)c2n1. The van der Waals surface area contributed by atoms with E-state index in [9.17, 15) is 9.90 Å². The topological polar surface area (TPSA) is 96.4 Å². The molecule has 1 saturated carbocycles.